The van der Waals surface area contributed by atoms with Gasteiger partial charge in [0.05, 0.1) is 37.1 Å². The third kappa shape index (κ3) is 6.70. The van der Waals surface area contributed by atoms with E-state index in [4.69, 9.17) is 19.2 Å². The van der Waals surface area contributed by atoms with Crippen LogP contribution in [0.5, 0.6) is 11.5 Å². The first-order chi connectivity index (χ1) is 21.0. The summed E-state index contributed by atoms with van der Waals surface area (Å²) in [6, 6.07) is 18.4. The van der Waals surface area contributed by atoms with Gasteiger partial charge in [-0.1, -0.05) is 30.3 Å². The van der Waals surface area contributed by atoms with Crippen LogP contribution in [0.4, 0.5) is 0 Å². The lowest BCUT2D eigenvalue weighted by atomic mass is 9.96. The van der Waals surface area contributed by atoms with E-state index in [9.17, 15) is 9.90 Å². The number of rotatable bonds is 11. The highest BCUT2D eigenvalue weighted by molar-refractivity contribution is 7.21. The Morgan fingerprint density at radius 2 is 1.91 bits per heavy atom. The third-order valence-corrected chi connectivity index (χ3v) is 9.56. The number of benzene rings is 3. The van der Waals surface area contributed by atoms with Gasteiger partial charge in [-0.15, -0.1) is 11.3 Å². The van der Waals surface area contributed by atoms with Gasteiger partial charge in [-0.3, -0.25) is 14.6 Å². The molecule has 0 saturated carbocycles. The molecule has 0 unspecified atom stereocenters. The molecule has 2 saturated heterocycles. The molecule has 43 heavy (non-hydrogen) atoms. The number of thiazole rings is 1. The van der Waals surface area contributed by atoms with E-state index in [2.05, 4.69) is 54.3 Å². The molecule has 1 aromatic heterocycles. The molecular weight excluding hydrogens is 562 g/mol. The molecule has 2 fully saturated rings. The van der Waals surface area contributed by atoms with Crippen molar-refractivity contribution in [1.29, 1.82) is 0 Å². The summed E-state index contributed by atoms with van der Waals surface area (Å²) in [4.78, 5) is 21.2. The third-order valence-electron chi connectivity index (χ3n) is 8.51. The van der Waals surface area contributed by atoms with Crippen LogP contribution < -0.4 is 9.47 Å². The second-order valence-corrected chi connectivity index (χ2v) is 12.3. The number of carboxylic acids is 1. The average molecular weight is 602 g/mol. The zero-order valence-electron chi connectivity index (χ0n) is 24.9. The summed E-state index contributed by atoms with van der Waals surface area (Å²) >= 11 is 1.66. The maximum atomic E-state index is 11.7. The van der Waals surface area contributed by atoms with E-state index in [1.807, 2.05) is 17.0 Å². The normalized spacial score (nSPS) is 17.9. The second-order valence-electron chi connectivity index (χ2n) is 11.3. The summed E-state index contributed by atoms with van der Waals surface area (Å²) < 4.78 is 18.4. The fourth-order valence-electron chi connectivity index (χ4n) is 6.18. The van der Waals surface area contributed by atoms with Gasteiger partial charge < -0.3 is 19.3 Å². The van der Waals surface area contributed by atoms with Gasteiger partial charge in [0, 0.05) is 43.4 Å². The van der Waals surface area contributed by atoms with Crippen LogP contribution >= 0.6 is 11.3 Å². The lowest BCUT2D eigenvalue weighted by Crippen LogP contribution is -2.37. The molecule has 8 nitrogen and oxygen atoms in total. The fourth-order valence-corrected chi connectivity index (χ4v) is 7.27. The van der Waals surface area contributed by atoms with E-state index in [1.165, 1.54) is 5.56 Å². The van der Waals surface area contributed by atoms with Gasteiger partial charge in [-0.05, 0) is 67.6 Å². The SMILES string of the molecule is COc1cc2nc(-c3cccc(-c4cccc(OCCCN5CCOCC5)c4)c3C)sc2cc1CN1CCC[C@H]1C(=O)O. The highest BCUT2D eigenvalue weighted by Crippen LogP contribution is 2.39. The van der Waals surface area contributed by atoms with Crippen molar-refractivity contribution in [2.24, 2.45) is 0 Å². The van der Waals surface area contributed by atoms with Gasteiger partial charge in [0.2, 0.25) is 0 Å². The number of methoxy groups -OCH3 is 1. The van der Waals surface area contributed by atoms with Crippen LogP contribution in [0.25, 0.3) is 31.9 Å². The molecule has 9 heteroatoms. The molecule has 0 spiro atoms. The molecule has 0 aliphatic carbocycles. The number of likely N-dealkylation sites (tertiary alicyclic amines) is 1. The smallest absolute Gasteiger partial charge is 0.320 e. The molecule has 0 radical (unpaired) electrons. The number of carboxylic acid groups (broad SMARTS) is 1. The molecule has 6 rings (SSSR count). The van der Waals surface area contributed by atoms with E-state index in [-0.39, 0.29) is 0 Å². The minimum Gasteiger partial charge on any atom is -0.496 e. The van der Waals surface area contributed by atoms with Gasteiger partial charge in [0.1, 0.15) is 22.5 Å². The van der Waals surface area contributed by atoms with Crippen molar-refractivity contribution in [3.63, 3.8) is 0 Å². The Morgan fingerprint density at radius 1 is 1.09 bits per heavy atom. The number of aliphatic carboxylic acids is 1. The predicted octanol–water partition coefficient (Wildman–Crippen LogP) is 6.10. The van der Waals surface area contributed by atoms with Crippen LogP contribution in [-0.4, -0.2) is 85.0 Å². The quantitative estimate of drug-likeness (QED) is 0.207. The fraction of sp³-hybridized carbons (Fsp3) is 0.412. The zero-order chi connectivity index (χ0) is 29.8. The van der Waals surface area contributed by atoms with Crippen molar-refractivity contribution in [3.8, 4) is 33.2 Å². The minimum atomic E-state index is -0.756. The standard InChI is InChI=1S/C34H39N3O5S/c1-23-27(24-7-3-8-26(19-24)42-16-6-12-36-14-17-41-18-15-36)9-4-10-28(23)33-35-29-21-31(40-2)25(20-32(29)43-33)22-37-13-5-11-30(37)34(38)39/h3-4,7-10,19-21,30H,5-6,11-18,22H2,1-2H3,(H,38,39)/t30-/m0/s1. The molecule has 2 aliphatic heterocycles. The molecule has 226 valence electrons. The maximum Gasteiger partial charge on any atom is 0.320 e. The van der Waals surface area contributed by atoms with Crippen LogP contribution in [0.1, 0.15) is 30.4 Å². The number of hydrogen-bond donors (Lipinski definition) is 1. The summed E-state index contributed by atoms with van der Waals surface area (Å²) in [5.41, 5.74) is 6.41. The van der Waals surface area contributed by atoms with Crippen LogP contribution in [-0.2, 0) is 16.1 Å². The number of nitrogens with zero attached hydrogens (tertiary/aromatic N) is 3. The van der Waals surface area contributed by atoms with Crippen molar-refractivity contribution < 1.29 is 24.1 Å². The molecule has 3 aromatic carbocycles. The molecule has 3 heterocycles. The minimum absolute atomic E-state index is 0.443. The van der Waals surface area contributed by atoms with Crippen molar-refractivity contribution >= 4 is 27.5 Å². The number of hydrogen-bond acceptors (Lipinski definition) is 8. The molecule has 1 atom stereocenters. The Labute approximate surface area is 256 Å². The molecule has 4 aromatic rings. The number of carbonyl (C=O) groups is 1. The monoisotopic (exact) mass is 601 g/mol. The van der Waals surface area contributed by atoms with Crippen molar-refractivity contribution in [2.45, 2.75) is 38.8 Å². The Balaban J connectivity index is 1.20. The van der Waals surface area contributed by atoms with Crippen LogP contribution in [0, 0.1) is 6.92 Å². The van der Waals surface area contributed by atoms with E-state index >= 15 is 0 Å². The number of fused-ring (bicyclic) bond motifs is 1. The number of morpholine rings is 1. The van der Waals surface area contributed by atoms with Gasteiger partial charge in [0.15, 0.2) is 0 Å². The lowest BCUT2D eigenvalue weighted by Gasteiger charge is -2.26. The molecule has 0 amide bonds. The Kier molecular flexibility index (Phi) is 9.23. The topological polar surface area (TPSA) is 84.4 Å². The average Bonchev–Trinajstić information content (AvgIpc) is 3.66. The van der Waals surface area contributed by atoms with Crippen LogP contribution in [0.3, 0.4) is 0 Å². The van der Waals surface area contributed by atoms with Crippen LogP contribution in [0.15, 0.2) is 54.6 Å². The first-order valence-corrected chi connectivity index (χ1v) is 15.9. The highest BCUT2D eigenvalue weighted by Gasteiger charge is 2.31. The van der Waals surface area contributed by atoms with Crippen molar-refractivity contribution in [3.05, 3.63) is 65.7 Å². The number of ether oxygens (including phenoxy) is 3. The summed E-state index contributed by atoms with van der Waals surface area (Å²) in [5.74, 6) is 0.869. The molecule has 1 N–H and O–H groups in total. The first-order valence-electron chi connectivity index (χ1n) is 15.1. The summed E-state index contributed by atoms with van der Waals surface area (Å²) in [7, 11) is 1.66. The highest BCUT2D eigenvalue weighted by atomic mass is 32.1. The van der Waals surface area contributed by atoms with Gasteiger partial charge >= 0.3 is 5.97 Å². The van der Waals surface area contributed by atoms with E-state index < -0.39 is 12.0 Å². The lowest BCUT2D eigenvalue weighted by molar-refractivity contribution is -0.142. The van der Waals surface area contributed by atoms with E-state index in [0.29, 0.717) is 19.6 Å². The zero-order valence-corrected chi connectivity index (χ0v) is 25.7. The Morgan fingerprint density at radius 3 is 2.72 bits per heavy atom. The summed E-state index contributed by atoms with van der Waals surface area (Å²) in [6.07, 6.45) is 2.57. The summed E-state index contributed by atoms with van der Waals surface area (Å²) in [6.45, 7) is 8.83. The second kappa shape index (κ2) is 13.4. The first kappa shape index (κ1) is 29.6. The predicted molar refractivity (Wildman–Crippen MR) is 170 cm³/mol. The largest absolute Gasteiger partial charge is 0.496 e. The molecular formula is C34H39N3O5S. The van der Waals surface area contributed by atoms with Crippen molar-refractivity contribution in [1.82, 2.24) is 14.8 Å². The Bertz CT molecular complexity index is 1580. The van der Waals surface area contributed by atoms with E-state index in [0.717, 1.165) is 101 Å². The molecule has 0 bridgehead atoms. The number of aromatic nitrogens is 1. The van der Waals surface area contributed by atoms with E-state index in [1.54, 1.807) is 18.4 Å². The van der Waals surface area contributed by atoms with Crippen LogP contribution in [0.2, 0.25) is 0 Å². The Hall–Kier alpha value is -3.50. The van der Waals surface area contributed by atoms with Gasteiger partial charge in [0.25, 0.3) is 0 Å². The van der Waals surface area contributed by atoms with Crippen molar-refractivity contribution in [2.75, 3.05) is 53.1 Å². The maximum absolute atomic E-state index is 11.7. The summed E-state index contributed by atoms with van der Waals surface area (Å²) in [5, 5.41) is 10.6. The molecule has 2 aliphatic rings. The van der Waals surface area contributed by atoms with Gasteiger partial charge in [-0.2, -0.15) is 0 Å². The van der Waals surface area contributed by atoms with Gasteiger partial charge in [-0.25, -0.2) is 4.98 Å².